The number of carbonyl (C=O) groups is 4. The fourth-order valence-corrected chi connectivity index (χ4v) is 20.8. The number of carbonyl (C=O) groups excluding carboxylic acids is 4. The zero-order chi connectivity index (χ0) is 103. The van der Waals surface area contributed by atoms with Crippen LogP contribution in [0.4, 0.5) is 0 Å². The Morgan fingerprint density at radius 3 is 0.664 bits per heavy atom. The summed E-state index contributed by atoms with van der Waals surface area (Å²) in [6.07, 6.45) is -10.1. The van der Waals surface area contributed by atoms with Crippen LogP contribution < -0.4 is 83.4 Å². The molecule has 56 heteroatoms. The first-order chi connectivity index (χ1) is 65.9. The number of aliphatic hydroxyl groups is 4. The van der Waals surface area contributed by atoms with E-state index in [1.165, 1.54) is 80.2 Å². The molecule has 768 valence electrons. The third-order valence-electron chi connectivity index (χ3n) is 20.8. The fourth-order valence-electron chi connectivity index (χ4n) is 13.6. The van der Waals surface area contributed by atoms with E-state index in [1.54, 1.807) is 149 Å². The number of ether oxygens (including phenoxy) is 8. The lowest BCUT2D eigenvalue weighted by Crippen LogP contribution is -2.43. The number of alkyl halides is 4. The zero-order valence-electron chi connectivity index (χ0n) is 77.0. The van der Waals surface area contributed by atoms with Crippen molar-refractivity contribution in [2.24, 2.45) is 0 Å². The van der Waals surface area contributed by atoms with E-state index in [2.05, 4.69) is 40.3 Å². The highest BCUT2D eigenvalue weighted by atomic mass is 35.5. The van der Waals surface area contributed by atoms with Crippen molar-refractivity contribution in [1.82, 2.24) is 58.6 Å². The molecule has 4 aliphatic rings. The molecule has 0 aliphatic carbocycles. The Balaban J connectivity index is 0.000000209. The van der Waals surface area contributed by atoms with Crippen molar-refractivity contribution in [1.29, 1.82) is 0 Å². The maximum absolute atomic E-state index is 13.5. The first-order valence-electron chi connectivity index (χ1n) is 43.0. The molecule has 8 heterocycles. The van der Waals surface area contributed by atoms with Gasteiger partial charge >= 0.3 is 77.6 Å². The second-order valence-electron chi connectivity index (χ2n) is 31.8. The molecule has 4 fully saturated rings. The van der Waals surface area contributed by atoms with Crippen molar-refractivity contribution in [3.8, 4) is 23.0 Å². The first-order valence-corrected chi connectivity index (χ1v) is 50.6. The molecule has 4 aromatic heterocycles. The topological polar surface area (TPSA) is 633 Å². The number of aromatic amines is 4. The van der Waals surface area contributed by atoms with E-state index < -0.39 is 244 Å². The van der Waals surface area contributed by atoms with E-state index in [9.17, 15) is 96.2 Å². The number of benzene rings is 4. The molecular weight excluding hydrogens is 2020 g/mol. The Labute approximate surface area is 817 Å². The van der Waals surface area contributed by atoms with Gasteiger partial charge in [-0.25, -0.2) is 37.4 Å². The van der Waals surface area contributed by atoms with Crippen molar-refractivity contribution in [2.45, 2.75) is 200 Å². The Morgan fingerprint density at radius 2 is 0.507 bits per heavy atom. The van der Waals surface area contributed by atoms with Crippen molar-refractivity contribution in [2.75, 3.05) is 52.9 Å². The summed E-state index contributed by atoms with van der Waals surface area (Å²) in [5.74, 6) is -1.88. The number of rotatable bonds is 40. The van der Waals surface area contributed by atoms with Gasteiger partial charge in [-0.15, -0.1) is 46.4 Å². The Bertz CT molecular complexity index is 5490. The minimum Gasteiger partial charge on any atom is -0.465 e. The molecule has 0 radical (unpaired) electrons. The van der Waals surface area contributed by atoms with Crippen LogP contribution in [0, 0.1) is 0 Å². The molecule has 24 atom stereocenters. The van der Waals surface area contributed by atoms with Crippen LogP contribution >= 0.6 is 77.4 Å². The van der Waals surface area contributed by atoms with Crippen LogP contribution in [0.2, 0.25) is 0 Å². The summed E-state index contributed by atoms with van der Waals surface area (Å²) in [5, 5.41) is 53.1. The highest BCUT2D eigenvalue weighted by molar-refractivity contribution is 7.53. The van der Waals surface area contributed by atoms with Gasteiger partial charge in [0, 0.05) is 49.1 Å². The molecule has 1 unspecified atom stereocenters. The van der Waals surface area contributed by atoms with E-state index >= 15 is 0 Å². The number of nitrogens with one attached hydrogen (secondary N) is 8. The molecule has 0 amide bonds. The lowest BCUT2D eigenvalue weighted by molar-refractivity contribution is -0.145. The number of hydrogen-bond donors (Lipinski definition) is 12. The van der Waals surface area contributed by atoms with Gasteiger partial charge in [0.25, 0.3) is 22.2 Å². The summed E-state index contributed by atoms with van der Waals surface area (Å²) >= 11 is 26.0. The van der Waals surface area contributed by atoms with E-state index in [0.29, 0.717) is 0 Å². The molecule has 140 heavy (non-hydrogen) atoms. The van der Waals surface area contributed by atoms with Crippen molar-refractivity contribution < 1.29 is 132 Å². The molecular formula is C84H108Cl4N12O36P4. The highest BCUT2D eigenvalue weighted by Gasteiger charge is 2.59. The zero-order valence-corrected chi connectivity index (χ0v) is 83.6. The Morgan fingerprint density at radius 1 is 0.336 bits per heavy atom. The SMILES string of the molecule is CCOC(=O)[C@@H](C)N[P@@](=O)(OC[C@H]1O[C@@H](n2ccc(=O)[nH]c2=O)[C@](C)(Cl)[C@@H]1O)Oc1ccccc1.CCOC(=O)[C@@H](C)N[P@](=O)(OC[C@H]1O[C@@H](n2ccc(=O)[nH]c2=O)[C@](C)(Cl)[C@@H]1O)Oc1ccccc1.CCOC(=O)[C@H](C)NP(=O)(OC[C@H]1O[C@@H](n2ccc(=O)[nH]c2=O)[C@](C)(Cl)[C@@H]1O)Oc1ccccc1.CCOC(=O)[C@H](C)N[P@](=O)(OC[C@H]1O[C@@H](n2ccc(=O)[nH]c2=O)[C@](C)(Cl)[C@@H]1O)Oc1ccccc1. The van der Waals surface area contributed by atoms with Gasteiger partial charge in [-0.05, 0) is 132 Å². The number of H-pyrrole nitrogens is 4. The van der Waals surface area contributed by atoms with Crippen LogP contribution in [-0.2, 0) is 93.4 Å². The standard InChI is InChI=1S/4C21H27ClN3O9P/c4*1-4-31-18(28)13(2)24-35(30,34-14-8-6-5-7-9-14)32-12-15-17(27)21(3,22)19(33-15)25-11-10-16(26)23-20(25)29/h4*5-11,13,15,17,19,27H,4,12H2,1-3H3,(H,24,30)(H,23,26,29)/t13-,15+,17+,19+,21+,35?;13-,15+,17+,19+,21+,35-;13-,15-,17-,19-,21-,35+;13-,15-,17-,19-,21-,35-/m0011/s1. The number of halogens is 4. The molecule has 4 aliphatic heterocycles. The summed E-state index contributed by atoms with van der Waals surface area (Å²) in [6, 6.07) is 32.8. The quantitative estimate of drug-likeness (QED) is 0.00886. The largest absolute Gasteiger partial charge is 0.465 e. The third-order valence-corrected chi connectivity index (χ3v) is 29.0. The minimum absolute atomic E-state index is 0.122. The lowest BCUT2D eigenvalue weighted by atomic mass is 10.0. The average molecular weight is 2130 g/mol. The van der Waals surface area contributed by atoms with Crippen LogP contribution in [-0.4, -0.2) is 228 Å². The summed E-state index contributed by atoms with van der Waals surface area (Å²) in [4.78, 5) is 145. The number of esters is 4. The molecule has 8 aromatic rings. The van der Waals surface area contributed by atoms with E-state index in [-0.39, 0.29) is 49.4 Å². The van der Waals surface area contributed by atoms with Crippen LogP contribution in [0.3, 0.4) is 0 Å². The molecule has 48 nitrogen and oxygen atoms in total. The summed E-state index contributed by atoms with van der Waals surface area (Å²) in [7, 11) is -16.8. The second-order valence-corrected chi connectivity index (χ2v) is 41.8. The van der Waals surface area contributed by atoms with Crippen LogP contribution in [0.1, 0.15) is 108 Å². The molecule has 0 spiro atoms. The second kappa shape index (κ2) is 49.9. The summed E-state index contributed by atoms with van der Waals surface area (Å²) < 4.78 is 145. The average Bonchev–Trinajstić information content (AvgIpc) is 1.63. The van der Waals surface area contributed by atoms with Crippen molar-refractivity contribution >= 4 is 101 Å². The van der Waals surface area contributed by atoms with Gasteiger partial charge in [0.05, 0.1) is 52.9 Å². The van der Waals surface area contributed by atoms with Gasteiger partial charge in [-0.3, -0.25) is 94.7 Å². The molecule has 4 saturated heterocycles. The fraction of sp³-hybridized carbons (Fsp3) is 0.476. The smallest absolute Gasteiger partial charge is 0.459 e. The van der Waals surface area contributed by atoms with Gasteiger partial charge < -0.3 is 76.4 Å². The maximum atomic E-state index is 13.5. The molecule has 0 saturated carbocycles. The molecule has 12 rings (SSSR count). The first kappa shape index (κ1) is 114. The summed E-state index contributed by atoms with van der Waals surface area (Å²) in [5.41, 5.74) is -5.58. The summed E-state index contributed by atoms with van der Waals surface area (Å²) in [6.45, 7) is 16.6. The van der Waals surface area contributed by atoms with Gasteiger partial charge in [-0.1, -0.05) is 72.8 Å². The molecule has 4 aromatic carbocycles. The monoisotopic (exact) mass is 2120 g/mol. The Hall–Kier alpha value is -9.88. The maximum Gasteiger partial charge on any atom is 0.459 e. The minimum atomic E-state index is -4.20. The van der Waals surface area contributed by atoms with E-state index in [4.69, 9.17) is 120 Å². The predicted molar refractivity (Wildman–Crippen MR) is 501 cm³/mol. The number of nitrogens with zero attached hydrogens (tertiary/aromatic N) is 4. The number of para-hydroxylation sites is 4. The van der Waals surface area contributed by atoms with Gasteiger partial charge in [0.15, 0.2) is 24.9 Å². The van der Waals surface area contributed by atoms with Gasteiger partial charge in [0.2, 0.25) is 0 Å². The predicted octanol–water partition coefficient (Wildman–Crippen LogP) is 6.15. The van der Waals surface area contributed by atoms with Crippen molar-refractivity contribution in [3.63, 3.8) is 0 Å². The van der Waals surface area contributed by atoms with E-state index in [0.717, 1.165) is 42.5 Å². The number of aliphatic hydroxyl groups excluding tert-OH is 4. The van der Waals surface area contributed by atoms with Crippen LogP contribution in [0.25, 0.3) is 0 Å². The third kappa shape index (κ3) is 30.1. The van der Waals surface area contributed by atoms with Crippen LogP contribution in [0.15, 0.2) is 209 Å². The number of aromatic nitrogens is 8. The van der Waals surface area contributed by atoms with Gasteiger partial charge in [0.1, 0.15) is 115 Å². The van der Waals surface area contributed by atoms with Gasteiger partial charge in [-0.2, -0.15) is 20.3 Å². The highest BCUT2D eigenvalue weighted by Crippen LogP contribution is 2.54. The lowest BCUT2D eigenvalue weighted by Gasteiger charge is -2.26. The molecule has 12 N–H and O–H groups in total. The number of hydrogen-bond acceptors (Lipinski definition) is 36. The van der Waals surface area contributed by atoms with Crippen LogP contribution in [0.5, 0.6) is 23.0 Å². The molecule has 0 bridgehead atoms. The Kier molecular flexibility index (Phi) is 40.5. The normalized spacial score (nSPS) is 26.6. The van der Waals surface area contributed by atoms with Crippen molar-refractivity contribution in [3.05, 3.63) is 254 Å². The van der Waals surface area contributed by atoms with E-state index in [1.807, 2.05) is 0 Å².